The Morgan fingerprint density at radius 3 is 1.07 bits per heavy atom. The summed E-state index contributed by atoms with van der Waals surface area (Å²) >= 11 is 0. The molecule has 0 spiro atoms. The molecular weight excluding hydrogens is 1900 g/mol. The lowest BCUT2D eigenvalue weighted by Gasteiger charge is -2.41. The van der Waals surface area contributed by atoms with Crippen molar-refractivity contribution < 1.29 is 100 Å². The van der Waals surface area contributed by atoms with Gasteiger partial charge in [0.15, 0.2) is 17.3 Å². The number of nitrogens with zero attached hydrogens (tertiary/aromatic N) is 7. The zero-order chi connectivity index (χ0) is 111. The number of carbonyl (C=O) groups is 11. The molecule has 840 valence electrons. The Hall–Kier alpha value is -9.36. The van der Waals surface area contributed by atoms with Crippen molar-refractivity contribution in [3.63, 3.8) is 0 Å². The number of likely N-dealkylation sites (tertiary alicyclic amines) is 2. The largest absolute Gasteiger partial charge is 0.393 e. The summed E-state index contributed by atoms with van der Waals surface area (Å²) in [6, 6.07) is 29.5. The van der Waals surface area contributed by atoms with E-state index in [4.69, 9.17) is 48.6 Å². The first-order chi connectivity index (χ1) is 70.7. The van der Waals surface area contributed by atoms with Crippen molar-refractivity contribution in [2.45, 2.75) is 325 Å². The molecule has 0 aliphatic carbocycles. The molecule has 0 saturated carbocycles. The Morgan fingerprint density at radius 1 is 0.416 bits per heavy atom. The van der Waals surface area contributed by atoms with Crippen LogP contribution in [0, 0.1) is 47.3 Å². The molecule has 0 aromatic heterocycles. The van der Waals surface area contributed by atoms with E-state index in [2.05, 4.69) is 71.1 Å². The Labute approximate surface area is 892 Å². The fourth-order valence-electron chi connectivity index (χ4n) is 19.9. The van der Waals surface area contributed by atoms with Gasteiger partial charge < -0.3 is 88.4 Å². The standard InChI is InChI=1S/C58H94N6O10.C47H82N6O10.C11H14O/c1-16-41(8)54(63(13)58(69)52(39(4)5)60-57(68)53(40(6)7)62(11)12)50(70-14)37-51(66)64-30-20-24-48(64)55(71-15)42(9)56(67)59-47(36-44-22-18-17-19-23-44)49(65)25-21-31-72-32-33-73-34-35-74-61-43(10)46-28-26-45(27-29-46)38(2)3;1-13-33(6)43(52(10)47(58)41(31(2)3)50-46(57)42(32(4)5)51(8)9)39(59-11)30-40(55)53-23-17-21-37(53)44(60-12)34(7)45(56)49-36(29-35-19-15-14-16-20-35)38(54)22-18-24-61-25-26-62-27-28-63-48;1-8(2)10-4-6-11(7-5-10)9(3)12/h17-19,22-23,26-29,38-42,47-48,50,52-55H,16,20-21,24-25,30-37H2,1-15H3,(H,59,67)(H,60,68);14-16,19-20,31-34,36-37,39,41-44H,13,17-18,21-30,48H2,1-12H3,(H,49,56)(H,50,57);4-8H,1-3H3/b61-43+;;/t41-,42+,47-,48?,50+,52-,53?,54?,55+;33-,34+,36-,37?,39+,41-,42?,43?,44+;/m11./s1. The van der Waals surface area contributed by atoms with E-state index in [0.717, 1.165) is 53.6 Å². The number of nitrogens with one attached hydrogen (secondary N) is 4. The highest BCUT2D eigenvalue weighted by molar-refractivity contribution is 5.98. The Balaban J connectivity index is 0.000000561. The molecule has 8 amide bonds. The third kappa shape index (κ3) is 43.6. The van der Waals surface area contributed by atoms with E-state index in [1.54, 1.807) is 82.9 Å². The van der Waals surface area contributed by atoms with Crippen LogP contribution in [0.25, 0.3) is 0 Å². The molecule has 0 bridgehead atoms. The Bertz CT molecular complexity index is 4590. The van der Waals surface area contributed by atoms with Crippen molar-refractivity contribution in [2.24, 2.45) is 58.4 Å². The highest BCUT2D eigenvalue weighted by Crippen LogP contribution is 2.34. The second-order valence-electron chi connectivity index (χ2n) is 42.5. The Morgan fingerprint density at radius 2 is 0.758 bits per heavy atom. The fraction of sp³-hybridized carbons (Fsp3) is 0.690. The van der Waals surface area contributed by atoms with Gasteiger partial charge in [0.25, 0.3) is 0 Å². The predicted molar refractivity (Wildman–Crippen MR) is 586 cm³/mol. The number of Topliss-reactive ketones (excluding diaryl/α,β-unsaturated/α-hetero) is 3. The van der Waals surface area contributed by atoms with Gasteiger partial charge >= 0.3 is 0 Å². The minimum Gasteiger partial charge on any atom is -0.393 e. The number of hydrogen-bond donors (Lipinski definition) is 5. The quantitative estimate of drug-likeness (QED) is 0.0119. The summed E-state index contributed by atoms with van der Waals surface area (Å²) in [6.07, 6.45) is 3.52. The van der Waals surface area contributed by atoms with E-state index >= 15 is 0 Å². The van der Waals surface area contributed by atoms with Gasteiger partial charge in [-0.2, -0.15) is 0 Å². The van der Waals surface area contributed by atoms with E-state index < -0.39 is 96.7 Å². The van der Waals surface area contributed by atoms with E-state index in [1.165, 1.54) is 11.1 Å². The molecule has 2 aliphatic heterocycles. The number of oxime groups is 1. The van der Waals surface area contributed by atoms with Gasteiger partial charge in [0, 0.05) is 87.2 Å². The van der Waals surface area contributed by atoms with Crippen LogP contribution in [-0.2, 0) is 108 Å². The minimum atomic E-state index is -0.786. The maximum atomic E-state index is 14.5. The number of ketones is 3. The van der Waals surface area contributed by atoms with Crippen molar-refractivity contribution in [2.75, 3.05) is 150 Å². The van der Waals surface area contributed by atoms with Crippen molar-refractivity contribution in [1.82, 2.24) is 50.7 Å². The normalized spacial score (nSPS) is 17.1. The molecule has 2 saturated heterocycles. The molecule has 0 radical (unpaired) electrons. The van der Waals surface area contributed by atoms with Gasteiger partial charge in [0.1, 0.15) is 18.7 Å². The topological polar surface area (TPSA) is 386 Å². The first-order valence-electron chi connectivity index (χ1n) is 54.2. The summed E-state index contributed by atoms with van der Waals surface area (Å²) in [7, 11) is 17.1. The van der Waals surface area contributed by atoms with Crippen LogP contribution >= 0.6 is 0 Å². The number of amides is 8. The van der Waals surface area contributed by atoms with Crippen molar-refractivity contribution in [1.29, 1.82) is 0 Å². The second-order valence-corrected chi connectivity index (χ2v) is 42.5. The van der Waals surface area contributed by atoms with Crippen LogP contribution in [0.15, 0.2) is 114 Å². The number of rotatable bonds is 67. The maximum Gasteiger partial charge on any atom is 0.245 e. The molecule has 2 fully saturated rings. The van der Waals surface area contributed by atoms with Crippen LogP contribution in [0.2, 0.25) is 0 Å². The van der Waals surface area contributed by atoms with Gasteiger partial charge in [0.2, 0.25) is 47.3 Å². The third-order valence-electron chi connectivity index (χ3n) is 28.9. The number of nitrogens with two attached hydrogens (primary N) is 1. The average molecular weight is 2090 g/mol. The number of likely N-dealkylation sites (N-methyl/N-ethyl adjacent to an activating group) is 4. The van der Waals surface area contributed by atoms with E-state index in [9.17, 15) is 52.7 Å². The zero-order valence-corrected chi connectivity index (χ0v) is 95.9. The number of methoxy groups -OCH3 is 4. The minimum absolute atomic E-state index is 0.000961. The predicted octanol–water partition coefficient (Wildman–Crippen LogP) is 14.0. The van der Waals surface area contributed by atoms with Crippen LogP contribution in [0.3, 0.4) is 0 Å². The summed E-state index contributed by atoms with van der Waals surface area (Å²) in [4.78, 5) is 172. The van der Waals surface area contributed by atoms with Gasteiger partial charge in [-0.05, 0) is 169 Å². The monoisotopic (exact) mass is 2090 g/mol. The van der Waals surface area contributed by atoms with Gasteiger partial charge in [-0.3, -0.25) is 62.5 Å². The first kappa shape index (κ1) is 132. The van der Waals surface area contributed by atoms with Crippen LogP contribution in [0.5, 0.6) is 0 Å². The molecule has 2 aliphatic rings. The maximum absolute atomic E-state index is 14.5. The SMILES string of the molecule is CC(=O)c1ccc(C(C)C)cc1.CC[C@@H](C)C([C@H](CC(=O)N1CCCC1[C@@H](OC)[C@H](C)C(=O)N[C@H](Cc1ccccc1)C(=O)CCCOCCOCCO/N=C(\C)c1ccc(C(C)C)cc1)OC)N(C)C(=O)[C@H](NC(=O)C(C(C)C)N(C)C)C(C)C.CC[C@@H](C)C([C@H](CC(=O)N1CCCC1[C@@H](OC)[C@H](C)C(=O)N[C@H](Cc1ccccc1)C(=O)CCCOCCOCCON)OC)N(C)C(=O)[C@H](NC(=O)C(C(C)C)N(C)C)C(C)C. The molecule has 6 N–H and O–H groups in total. The molecule has 33 heteroatoms. The van der Waals surface area contributed by atoms with Gasteiger partial charge in [-0.25, -0.2) is 5.90 Å². The molecular formula is C116H190N12O21. The van der Waals surface area contributed by atoms with Crippen molar-refractivity contribution in [3.8, 4) is 0 Å². The summed E-state index contributed by atoms with van der Waals surface area (Å²) in [6.45, 7) is 43.9. The van der Waals surface area contributed by atoms with Gasteiger partial charge in [-0.1, -0.05) is 252 Å². The van der Waals surface area contributed by atoms with E-state index in [1.807, 2.05) is 225 Å². The Kier molecular flexibility index (Phi) is 62.0. The highest BCUT2D eigenvalue weighted by Gasteiger charge is 2.47. The molecule has 6 rings (SSSR count). The van der Waals surface area contributed by atoms with Crippen LogP contribution in [0.1, 0.15) is 266 Å². The molecule has 33 nitrogen and oxygen atoms in total. The lowest BCUT2D eigenvalue weighted by atomic mass is 9.89. The molecule has 149 heavy (non-hydrogen) atoms. The summed E-state index contributed by atoms with van der Waals surface area (Å²) in [5, 5.41) is 16.4. The van der Waals surface area contributed by atoms with E-state index in [0.29, 0.717) is 130 Å². The second kappa shape index (κ2) is 70.0. The number of benzene rings is 4. The highest BCUT2D eigenvalue weighted by atomic mass is 16.6. The van der Waals surface area contributed by atoms with Gasteiger partial charge in [0.05, 0.1) is 149 Å². The van der Waals surface area contributed by atoms with Crippen LogP contribution < -0.4 is 27.2 Å². The van der Waals surface area contributed by atoms with Gasteiger partial charge in [-0.15, -0.1) is 0 Å². The van der Waals surface area contributed by atoms with Crippen LogP contribution in [0.4, 0.5) is 0 Å². The number of hydrogen-bond acceptors (Lipinski definition) is 25. The van der Waals surface area contributed by atoms with E-state index in [-0.39, 0.29) is 126 Å². The molecule has 18 atom stereocenters. The van der Waals surface area contributed by atoms with Crippen molar-refractivity contribution in [3.05, 3.63) is 143 Å². The summed E-state index contributed by atoms with van der Waals surface area (Å²) in [5.41, 5.74) is 6.98. The zero-order valence-electron chi connectivity index (χ0n) is 95.9. The fourth-order valence-corrected chi connectivity index (χ4v) is 19.9. The summed E-state index contributed by atoms with van der Waals surface area (Å²) < 4.78 is 46.6. The van der Waals surface area contributed by atoms with Crippen LogP contribution in [-0.4, -0.2) is 334 Å². The smallest absolute Gasteiger partial charge is 0.245 e. The van der Waals surface area contributed by atoms with Crippen molar-refractivity contribution >= 4 is 70.3 Å². The number of carbonyl (C=O) groups excluding carboxylic acids is 11. The summed E-state index contributed by atoms with van der Waals surface area (Å²) in [5.74, 6) is 2.16. The molecule has 6 unspecified atom stereocenters. The number of ether oxygens (including phenoxy) is 8. The lowest BCUT2D eigenvalue weighted by molar-refractivity contribution is -0.148. The molecule has 4 aromatic rings. The molecule has 2 heterocycles. The third-order valence-corrected chi connectivity index (χ3v) is 28.9. The first-order valence-corrected chi connectivity index (χ1v) is 54.2. The lowest BCUT2D eigenvalue weighted by Crippen LogP contribution is -2.59. The molecule has 4 aromatic carbocycles. The average Bonchev–Trinajstić information content (AvgIpc) is 1.78.